The monoisotopic (exact) mass is 412 g/mol. The Labute approximate surface area is 178 Å². The average Bonchev–Trinajstić information content (AvgIpc) is 2.73. The third-order valence-electron chi connectivity index (χ3n) is 4.86. The van der Waals surface area contributed by atoms with Gasteiger partial charge in [-0.15, -0.1) is 0 Å². The van der Waals surface area contributed by atoms with Crippen molar-refractivity contribution in [2.75, 3.05) is 10.6 Å². The number of anilines is 2. The third-order valence-corrected chi connectivity index (χ3v) is 4.86. The van der Waals surface area contributed by atoms with Gasteiger partial charge in [0.1, 0.15) is 11.5 Å². The molecule has 0 saturated heterocycles. The summed E-state index contributed by atoms with van der Waals surface area (Å²) in [6, 6.07) is 13.0. The molecule has 0 aliphatic rings. The van der Waals surface area contributed by atoms with E-state index in [1.165, 1.54) is 0 Å². The van der Waals surface area contributed by atoms with Crippen LogP contribution in [0, 0.1) is 0 Å². The minimum atomic E-state index is 0.00581. The Morgan fingerprint density at radius 2 is 0.833 bits per heavy atom. The van der Waals surface area contributed by atoms with Crippen LogP contribution in [-0.2, 0) is 9.59 Å². The number of hydrogen-bond acceptors (Lipinski definition) is 4. The summed E-state index contributed by atoms with van der Waals surface area (Å²) in [6.07, 6.45) is 9.40. The number of nitrogens with one attached hydrogen (secondary N) is 2. The van der Waals surface area contributed by atoms with Crippen LogP contribution in [0.1, 0.15) is 64.2 Å². The number of aromatic hydroxyl groups is 2. The molecule has 0 bridgehead atoms. The van der Waals surface area contributed by atoms with Crippen molar-refractivity contribution >= 4 is 23.2 Å². The first kappa shape index (κ1) is 23.3. The number of benzene rings is 2. The number of unbranched alkanes of at least 4 members (excludes halogenated alkanes) is 7. The molecule has 2 amide bonds. The fourth-order valence-corrected chi connectivity index (χ4v) is 3.17. The molecular formula is C24H32N2O4. The zero-order valence-corrected chi connectivity index (χ0v) is 17.4. The molecule has 6 heteroatoms. The maximum atomic E-state index is 11.9. The SMILES string of the molecule is O=C(CCCCCCCCCCC(=O)Nc1ccc(O)cc1)Nc1ccc(O)cc1. The molecule has 0 heterocycles. The van der Waals surface area contributed by atoms with Gasteiger partial charge in [-0.3, -0.25) is 9.59 Å². The van der Waals surface area contributed by atoms with Crippen LogP contribution in [-0.4, -0.2) is 22.0 Å². The molecule has 2 rings (SSSR count). The molecular weight excluding hydrogens is 380 g/mol. The van der Waals surface area contributed by atoms with Crippen molar-refractivity contribution in [1.29, 1.82) is 0 Å². The van der Waals surface area contributed by atoms with E-state index in [0.717, 1.165) is 51.4 Å². The summed E-state index contributed by atoms with van der Waals surface area (Å²) in [7, 11) is 0. The predicted molar refractivity (Wildman–Crippen MR) is 120 cm³/mol. The molecule has 0 aromatic heterocycles. The van der Waals surface area contributed by atoms with Gasteiger partial charge in [0.05, 0.1) is 0 Å². The van der Waals surface area contributed by atoms with E-state index in [1.807, 2.05) is 0 Å². The van der Waals surface area contributed by atoms with Crippen LogP contribution in [0.4, 0.5) is 11.4 Å². The van der Waals surface area contributed by atoms with Gasteiger partial charge in [0, 0.05) is 24.2 Å². The molecule has 0 atom stereocenters. The molecule has 0 fully saturated rings. The molecule has 162 valence electrons. The van der Waals surface area contributed by atoms with Gasteiger partial charge in [0.15, 0.2) is 0 Å². The van der Waals surface area contributed by atoms with E-state index in [9.17, 15) is 19.8 Å². The lowest BCUT2D eigenvalue weighted by atomic mass is 10.1. The number of hydrogen-bond donors (Lipinski definition) is 4. The highest BCUT2D eigenvalue weighted by Gasteiger charge is 2.04. The molecule has 0 saturated carbocycles. The molecule has 0 aliphatic heterocycles. The van der Waals surface area contributed by atoms with E-state index in [1.54, 1.807) is 48.5 Å². The number of rotatable bonds is 13. The average molecular weight is 413 g/mol. The van der Waals surface area contributed by atoms with Crippen LogP contribution >= 0.6 is 0 Å². The van der Waals surface area contributed by atoms with Gasteiger partial charge in [-0.2, -0.15) is 0 Å². The summed E-state index contributed by atoms with van der Waals surface area (Å²) in [5.41, 5.74) is 1.41. The van der Waals surface area contributed by atoms with Gasteiger partial charge in [-0.05, 0) is 61.4 Å². The predicted octanol–water partition coefficient (Wildman–Crippen LogP) is 5.58. The Kier molecular flexibility index (Phi) is 10.3. The smallest absolute Gasteiger partial charge is 0.224 e. The van der Waals surface area contributed by atoms with Crippen molar-refractivity contribution in [1.82, 2.24) is 0 Å². The molecule has 0 aliphatic carbocycles. The van der Waals surface area contributed by atoms with Crippen LogP contribution in [0.5, 0.6) is 11.5 Å². The van der Waals surface area contributed by atoms with E-state index in [4.69, 9.17) is 0 Å². The first-order valence-electron chi connectivity index (χ1n) is 10.7. The largest absolute Gasteiger partial charge is 0.508 e. The first-order valence-corrected chi connectivity index (χ1v) is 10.7. The van der Waals surface area contributed by atoms with Crippen LogP contribution in [0.25, 0.3) is 0 Å². The van der Waals surface area contributed by atoms with E-state index >= 15 is 0 Å². The van der Waals surface area contributed by atoms with Gasteiger partial charge in [-0.25, -0.2) is 0 Å². The van der Waals surface area contributed by atoms with Crippen molar-refractivity contribution in [3.8, 4) is 11.5 Å². The highest BCUT2D eigenvalue weighted by atomic mass is 16.3. The zero-order chi connectivity index (χ0) is 21.6. The van der Waals surface area contributed by atoms with Crippen LogP contribution in [0.2, 0.25) is 0 Å². The van der Waals surface area contributed by atoms with Gasteiger partial charge in [-0.1, -0.05) is 38.5 Å². The highest BCUT2D eigenvalue weighted by Crippen LogP contribution is 2.16. The number of amides is 2. The molecule has 4 N–H and O–H groups in total. The fraction of sp³-hybridized carbons (Fsp3) is 0.417. The maximum absolute atomic E-state index is 11.9. The lowest BCUT2D eigenvalue weighted by Crippen LogP contribution is -2.10. The molecule has 2 aromatic carbocycles. The Morgan fingerprint density at radius 3 is 1.17 bits per heavy atom. The van der Waals surface area contributed by atoms with Crippen molar-refractivity contribution in [2.45, 2.75) is 64.2 Å². The molecule has 6 nitrogen and oxygen atoms in total. The topological polar surface area (TPSA) is 98.7 Å². The van der Waals surface area contributed by atoms with Crippen molar-refractivity contribution in [3.63, 3.8) is 0 Å². The standard InChI is InChI=1S/C24H32N2O4/c27-21-15-11-19(12-16-21)25-23(29)9-7-5-3-1-2-4-6-8-10-24(30)26-20-13-17-22(28)18-14-20/h11-18,27-28H,1-10H2,(H,25,29)(H,26,30). The molecule has 0 radical (unpaired) electrons. The third kappa shape index (κ3) is 9.96. The van der Waals surface area contributed by atoms with E-state index in [2.05, 4.69) is 10.6 Å². The second-order valence-corrected chi connectivity index (χ2v) is 7.52. The summed E-state index contributed by atoms with van der Waals surface area (Å²) in [5, 5.41) is 24.1. The van der Waals surface area contributed by atoms with Crippen molar-refractivity contribution < 1.29 is 19.8 Å². The maximum Gasteiger partial charge on any atom is 0.224 e. The summed E-state index contributed by atoms with van der Waals surface area (Å²) < 4.78 is 0. The van der Waals surface area contributed by atoms with Crippen LogP contribution < -0.4 is 10.6 Å². The van der Waals surface area contributed by atoms with Crippen LogP contribution in [0.3, 0.4) is 0 Å². The molecule has 30 heavy (non-hydrogen) atoms. The highest BCUT2D eigenvalue weighted by molar-refractivity contribution is 5.91. The fourth-order valence-electron chi connectivity index (χ4n) is 3.17. The Hall–Kier alpha value is -3.02. The minimum absolute atomic E-state index is 0.00581. The summed E-state index contributed by atoms with van der Waals surface area (Å²) >= 11 is 0. The molecule has 2 aromatic rings. The zero-order valence-electron chi connectivity index (χ0n) is 17.4. The summed E-state index contributed by atoms with van der Waals surface area (Å²) in [4.78, 5) is 23.7. The van der Waals surface area contributed by atoms with E-state index < -0.39 is 0 Å². The van der Waals surface area contributed by atoms with Gasteiger partial charge < -0.3 is 20.8 Å². The van der Waals surface area contributed by atoms with E-state index in [0.29, 0.717) is 24.2 Å². The minimum Gasteiger partial charge on any atom is -0.508 e. The van der Waals surface area contributed by atoms with Crippen LogP contribution in [0.15, 0.2) is 48.5 Å². The molecule has 0 unspecified atom stereocenters. The summed E-state index contributed by atoms with van der Waals surface area (Å²) in [5.74, 6) is 0.383. The molecule has 0 spiro atoms. The first-order chi connectivity index (χ1) is 14.5. The van der Waals surface area contributed by atoms with Gasteiger partial charge >= 0.3 is 0 Å². The number of carbonyl (C=O) groups excluding carboxylic acids is 2. The van der Waals surface area contributed by atoms with Crippen molar-refractivity contribution in [3.05, 3.63) is 48.5 Å². The number of phenols is 2. The van der Waals surface area contributed by atoms with Gasteiger partial charge in [0.2, 0.25) is 11.8 Å². The summed E-state index contributed by atoms with van der Waals surface area (Å²) in [6.45, 7) is 0. The lowest BCUT2D eigenvalue weighted by molar-refractivity contribution is -0.117. The lowest BCUT2D eigenvalue weighted by Gasteiger charge is -2.06. The Morgan fingerprint density at radius 1 is 0.533 bits per heavy atom. The number of phenolic OH excluding ortho intramolecular Hbond substituents is 2. The Balaban J connectivity index is 1.40. The van der Waals surface area contributed by atoms with E-state index in [-0.39, 0.29) is 23.3 Å². The van der Waals surface area contributed by atoms with Crippen molar-refractivity contribution in [2.24, 2.45) is 0 Å². The second kappa shape index (κ2) is 13.2. The van der Waals surface area contributed by atoms with Gasteiger partial charge in [0.25, 0.3) is 0 Å². The number of carbonyl (C=O) groups is 2. The second-order valence-electron chi connectivity index (χ2n) is 7.52. The Bertz CT molecular complexity index is 705. The normalized spacial score (nSPS) is 10.5. The quantitative estimate of drug-likeness (QED) is 0.255.